The molecule has 0 spiro atoms. The lowest BCUT2D eigenvalue weighted by atomic mass is 9.96. The molecule has 0 aromatic heterocycles. The average molecular weight is 302 g/mol. The quantitative estimate of drug-likeness (QED) is 0.511. The highest BCUT2D eigenvalue weighted by atomic mass is 16.5. The lowest BCUT2D eigenvalue weighted by molar-refractivity contribution is 0.0952. The first-order chi connectivity index (χ1) is 10.9. The summed E-state index contributed by atoms with van der Waals surface area (Å²) in [5, 5.41) is 9.03. The van der Waals surface area contributed by atoms with Crippen molar-refractivity contribution in [2.75, 3.05) is 5.73 Å². The Labute approximate surface area is 135 Å². The maximum Gasteiger partial charge on any atom is 0.292 e. The number of rotatable bonds is 2. The number of hydrogen-bond acceptors (Lipinski definition) is 3. The van der Waals surface area contributed by atoms with E-state index < -0.39 is 5.60 Å². The van der Waals surface area contributed by atoms with Crippen molar-refractivity contribution in [3.05, 3.63) is 81.5 Å². The number of ether oxygens (including phenoxy) is 1. The first-order valence-electron chi connectivity index (χ1n) is 6.80. The van der Waals surface area contributed by atoms with Gasteiger partial charge in [-0.15, -0.1) is 0 Å². The van der Waals surface area contributed by atoms with E-state index in [0.717, 1.165) is 5.56 Å². The summed E-state index contributed by atoms with van der Waals surface area (Å²) >= 11 is 0. The van der Waals surface area contributed by atoms with Crippen molar-refractivity contribution in [2.45, 2.75) is 19.4 Å². The molecule has 1 aromatic rings. The van der Waals surface area contributed by atoms with E-state index in [2.05, 4.69) is 9.69 Å². The molecule has 0 fully saturated rings. The lowest BCUT2D eigenvalue weighted by Gasteiger charge is -2.22. The Kier molecular flexibility index (Phi) is 4.21. The van der Waals surface area contributed by atoms with Gasteiger partial charge >= 0.3 is 0 Å². The maximum absolute atomic E-state index is 9.03. The molecule has 0 radical (unpaired) electrons. The lowest BCUT2D eigenvalue weighted by Crippen LogP contribution is -2.20. The van der Waals surface area contributed by atoms with E-state index in [-0.39, 0.29) is 17.2 Å². The van der Waals surface area contributed by atoms with Gasteiger partial charge in [0.1, 0.15) is 11.4 Å². The molecule has 2 rings (SSSR count). The molecule has 23 heavy (non-hydrogen) atoms. The molecule has 1 heterocycles. The molecule has 1 aromatic carbocycles. The second-order valence-corrected chi connectivity index (χ2v) is 5.39. The van der Waals surface area contributed by atoms with Crippen molar-refractivity contribution in [1.29, 1.82) is 5.26 Å². The molecule has 5 nitrogen and oxygen atoms in total. The van der Waals surface area contributed by atoms with E-state index in [0.29, 0.717) is 11.3 Å². The van der Waals surface area contributed by atoms with Crippen LogP contribution >= 0.6 is 0 Å². The van der Waals surface area contributed by atoms with E-state index >= 15 is 0 Å². The summed E-state index contributed by atoms with van der Waals surface area (Å²) in [5.74, 6) is 0.0551. The van der Waals surface area contributed by atoms with Crippen LogP contribution in [-0.2, 0) is 4.74 Å². The number of anilines is 1. The molecule has 0 saturated heterocycles. The van der Waals surface area contributed by atoms with Crippen LogP contribution in [0.25, 0.3) is 15.8 Å². The fourth-order valence-corrected chi connectivity index (χ4v) is 2.23. The molecule has 112 valence electrons. The average Bonchev–Trinajstić information content (AvgIpc) is 2.78. The minimum absolute atomic E-state index is 0.0551. The Morgan fingerprint density at radius 2 is 1.91 bits per heavy atom. The third kappa shape index (κ3) is 3.07. The molecular weight excluding hydrogens is 288 g/mol. The van der Waals surface area contributed by atoms with E-state index in [1.165, 1.54) is 0 Å². The highest BCUT2D eigenvalue weighted by Crippen LogP contribution is 2.41. The Balaban J connectivity index is 2.53. The molecule has 0 bridgehead atoms. The third-order valence-corrected chi connectivity index (χ3v) is 3.40. The highest BCUT2D eigenvalue weighted by Gasteiger charge is 2.38. The third-order valence-electron chi connectivity index (χ3n) is 3.40. The zero-order valence-electron chi connectivity index (χ0n) is 12.8. The molecule has 1 aliphatic heterocycles. The Morgan fingerprint density at radius 1 is 1.26 bits per heavy atom. The Bertz CT molecular complexity index is 834. The SMILES string of the molecule is [C-]#[N+]C(C#N)=C1OC(C)(C)C(C=Cc2ccc(N)cc2)=C1[N+]#[C-]. The van der Waals surface area contributed by atoms with Gasteiger partial charge in [-0.2, -0.15) is 0 Å². The highest BCUT2D eigenvalue weighted by molar-refractivity contribution is 5.62. The van der Waals surface area contributed by atoms with Crippen LogP contribution in [0.1, 0.15) is 19.4 Å². The van der Waals surface area contributed by atoms with Gasteiger partial charge in [0, 0.05) is 11.3 Å². The first-order valence-corrected chi connectivity index (χ1v) is 6.80. The predicted octanol–water partition coefficient (Wildman–Crippen LogP) is 3.92. The van der Waals surface area contributed by atoms with Crippen molar-refractivity contribution in [1.82, 2.24) is 0 Å². The summed E-state index contributed by atoms with van der Waals surface area (Å²) in [6, 6.07) is 9.09. The second kappa shape index (κ2) is 6.10. The van der Waals surface area contributed by atoms with Crippen LogP contribution in [0.15, 0.2) is 53.1 Å². The largest absolute Gasteiger partial charge is 0.505 e. The van der Waals surface area contributed by atoms with Crippen LogP contribution in [0.4, 0.5) is 5.69 Å². The summed E-state index contributed by atoms with van der Waals surface area (Å²) in [5.41, 5.74) is 7.10. The summed E-state index contributed by atoms with van der Waals surface area (Å²) < 4.78 is 5.70. The monoisotopic (exact) mass is 302 g/mol. The van der Waals surface area contributed by atoms with Crippen LogP contribution < -0.4 is 5.73 Å². The van der Waals surface area contributed by atoms with Gasteiger partial charge in [-0.1, -0.05) is 24.3 Å². The van der Waals surface area contributed by atoms with Crippen LogP contribution in [0, 0.1) is 24.5 Å². The molecule has 5 heteroatoms. The van der Waals surface area contributed by atoms with Crippen molar-refractivity contribution in [2.24, 2.45) is 0 Å². The van der Waals surface area contributed by atoms with E-state index in [9.17, 15) is 0 Å². The standard InChI is InChI=1S/C18H14N4O/c1-18(2)14(10-7-12-5-8-13(20)9-6-12)16(22-4)17(23-18)15(11-19)21-3/h5-10H,20H2,1-2H3. The maximum atomic E-state index is 9.03. The molecule has 2 N–H and O–H groups in total. The van der Waals surface area contributed by atoms with Gasteiger partial charge < -0.3 is 10.5 Å². The number of benzene rings is 1. The first kappa shape index (κ1) is 15.9. The molecule has 0 amide bonds. The number of nitrogens with two attached hydrogens (primary N) is 1. The molecule has 0 atom stereocenters. The van der Waals surface area contributed by atoms with Gasteiger partial charge in [-0.05, 0) is 31.5 Å². The van der Waals surface area contributed by atoms with Gasteiger partial charge in [0.25, 0.3) is 5.70 Å². The van der Waals surface area contributed by atoms with Gasteiger partial charge in [-0.25, -0.2) is 15.0 Å². The molecule has 0 unspecified atom stereocenters. The van der Waals surface area contributed by atoms with Gasteiger partial charge in [0.2, 0.25) is 5.70 Å². The number of nitrogens with zero attached hydrogens (tertiary/aromatic N) is 3. The van der Waals surface area contributed by atoms with Gasteiger partial charge in [-0.3, -0.25) is 0 Å². The minimum Gasteiger partial charge on any atom is -0.505 e. The van der Waals surface area contributed by atoms with Crippen LogP contribution in [0.3, 0.4) is 0 Å². The summed E-state index contributed by atoms with van der Waals surface area (Å²) in [4.78, 5) is 6.61. The molecule has 0 saturated carbocycles. The van der Waals surface area contributed by atoms with Crippen LogP contribution in [0.5, 0.6) is 0 Å². The smallest absolute Gasteiger partial charge is 0.292 e. The minimum atomic E-state index is -0.785. The van der Waals surface area contributed by atoms with Crippen molar-refractivity contribution < 1.29 is 4.74 Å². The summed E-state index contributed by atoms with van der Waals surface area (Å²) in [6.45, 7) is 18.0. The van der Waals surface area contributed by atoms with Gasteiger partial charge in [0.15, 0.2) is 0 Å². The number of hydrogen-bond donors (Lipinski definition) is 1. The van der Waals surface area contributed by atoms with E-state index in [4.69, 9.17) is 28.9 Å². The second-order valence-electron chi connectivity index (χ2n) is 5.39. The number of nitrogen functional groups attached to an aromatic ring is 1. The number of allylic oxidation sites excluding steroid dienone is 1. The summed E-state index contributed by atoms with van der Waals surface area (Å²) in [7, 11) is 0. The zero-order valence-corrected chi connectivity index (χ0v) is 12.8. The predicted molar refractivity (Wildman–Crippen MR) is 87.9 cm³/mol. The van der Waals surface area contributed by atoms with Crippen molar-refractivity contribution in [3.8, 4) is 6.07 Å². The number of nitriles is 1. The topological polar surface area (TPSA) is 67.8 Å². The van der Waals surface area contributed by atoms with E-state index in [1.54, 1.807) is 38.1 Å². The fraction of sp³-hybridized carbons (Fsp3) is 0.167. The van der Waals surface area contributed by atoms with Crippen molar-refractivity contribution >= 4 is 11.8 Å². The van der Waals surface area contributed by atoms with Crippen LogP contribution in [0.2, 0.25) is 0 Å². The Morgan fingerprint density at radius 3 is 2.43 bits per heavy atom. The van der Waals surface area contributed by atoms with E-state index in [1.807, 2.05) is 18.2 Å². The molecule has 0 aliphatic carbocycles. The normalized spacial score (nSPS) is 18.0. The molecule has 1 aliphatic rings. The fourth-order valence-electron chi connectivity index (χ4n) is 2.23. The Hall–Kier alpha value is -3.49. The van der Waals surface area contributed by atoms with Crippen molar-refractivity contribution in [3.63, 3.8) is 0 Å². The van der Waals surface area contributed by atoms with Crippen LogP contribution in [-0.4, -0.2) is 5.60 Å². The molecular formula is C18H14N4O. The summed E-state index contributed by atoms with van der Waals surface area (Å²) in [6.07, 6.45) is 3.63. The zero-order chi connectivity index (χ0) is 17.0. The van der Waals surface area contributed by atoms with Gasteiger partial charge in [0.05, 0.1) is 19.2 Å².